The highest BCUT2D eigenvalue weighted by molar-refractivity contribution is 7.87. The molecule has 0 unspecified atom stereocenters. The quantitative estimate of drug-likeness (QED) is 0.424. The van der Waals surface area contributed by atoms with Crippen LogP contribution in [-0.2, 0) is 26.3 Å². The Balaban J connectivity index is 0.000000244. The maximum Gasteiger partial charge on any atom is 0.339 e. The maximum absolute atomic E-state index is 12.1. The molecule has 3 aromatic rings. The fraction of sp³-hybridized carbons (Fsp3) is 0.208. The predicted molar refractivity (Wildman–Crippen MR) is 122 cm³/mol. The summed E-state index contributed by atoms with van der Waals surface area (Å²) in [6.07, 6.45) is 0. The third-order valence-electron chi connectivity index (χ3n) is 4.17. The summed E-state index contributed by atoms with van der Waals surface area (Å²) in [5, 5.41) is 0. The molecule has 3 rings (SSSR count). The second-order valence-corrected chi connectivity index (χ2v) is 8.43. The number of hydrogen-bond acceptors (Lipinski definition) is 7. The van der Waals surface area contributed by atoms with E-state index in [1.165, 1.54) is 19.2 Å². The topological polar surface area (TPSA) is 105 Å². The lowest BCUT2D eigenvalue weighted by Crippen LogP contribution is -2.28. The summed E-state index contributed by atoms with van der Waals surface area (Å²) in [5.74, 6) is 0.174. The van der Waals surface area contributed by atoms with Crippen LogP contribution in [0.2, 0.25) is 0 Å². The summed E-state index contributed by atoms with van der Waals surface area (Å²) in [6.45, 7) is 3.78. The van der Waals surface area contributed by atoms with E-state index >= 15 is 0 Å². The molecule has 0 aliphatic carbocycles. The van der Waals surface area contributed by atoms with Crippen molar-refractivity contribution >= 4 is 16.1 Å². The number of hydrogen-bond donors (Lipinski definition) is 1. The van der Waals surface area contributed by atoms with Crippen molar-refractivity contribution in [1.29, 1.82) is 0 Å². The normalized spacial score (nSPS) is 11.5. The SMILES string of the molecule is COc1ccccc1OS(=O)(=O)c1ccc(C)cc1.C[C@H](N)C(=O)OCc1ccccc1. The zero-order valence-electron chi connectivity index (χ0n) is 18.2. The summed E-state index contributed by atoms with van der Waals surface area (Å²) in [6, 6.07) is 22.0. The Morgan fingerprint density at radius 1 is 0.906 bits per heavy atom. The van der Waals surface area contributed by atoms with Crippen LogP contribution in [0, 0.1) is 6.92 Å². The molecule has 0 aromatic heterocycles. The molecular formula is C24H27NO6S. The van der Waals surface area contributed by atoms with E-state index in [0.717, 1.165) is 11.1 Å². The Kier molecular flexibility index (Phi) is 9.24. The molecule has 0 aliphatic heterocycles. The van der Waals surface area contributed by atoms with Gasteiger partial charge in [0.2, 0.25) is 0 Å². The molecule has 0 fully saturated rings. The van der Waals surface area contributed by atoms with Gasteiger partial charge in [-0.1, -0.05) is 60.2 Å². The van der Waals surface area contributed by atoms with E-state index in [1.54, 1.807) is 43.3 Å². The van der Waals surface area contributed by atoms with Gasteiger partial charge in [0.05, 0.1) is 7.11 Å². The summed E-state index contributed by atoms with van der Waals surface area (Å²) >= 11 is 0. The van der Waals surface area contributed by atoms with Crippen LogP contribution in [0.1, 0.15) is 18.1 Å². The number of ether oxygens (including phenoxy) is 2. The fourth-order valence-corrected chi connectivity index (χ4v) is 3.36. The number of benzene rings is 3. The van der Waals surface area contributed by atoms with Crippen molar-refractivity contribution in [2.24, 2.45) is 5.73 Å². The number of carbonyl (C=O) groups is 1. The molecule has 8 heteroatoms. The average Bonchev–Trinajstić information content (AvgIpc) is 2.79. The van der Waals surface area contributed by atoms with Crippen molar-refractivity contribution in [2.75, 3.05) is 7.11 Å². The molecule has 0 aliphatic rings. The van der Waals surface area contributed by atoms with Crippen molar-refractivity contribution in [3.05, 3.63) is 90.0 Å². The molecule has 0 spiro atoms. The molecule has 0 bridgehead atoms. The van der Waals surface area contributed by atoms with Gasteiger partial charge >= 0.3 is 16.1 Å². The van der Waals surface area contributed by atoms with Gasteiger partial charge in [0.25, 0.3) is 0 Å². The average molecular weight is 458 g/mol. The predicted octanol–water partition coefficient (Wildman–Crippen LogP) is 3.85. The van der Waals surface area contributed by atoms with Gasteiger partial charge in [0.15, 0.2) is 11.5 Å². The van der Waals surface area contributed by atoms with E-state index < -0.39 is 16.2 Å². The molecule has 0 amide bonds. The molecule has 0 radical (unpaired) electrons. The van der Waals surface area contributed by atoms with Crippen LogP contribution in [0.5, 0.6) is 11.5 Å². The lowest BCUT2D eigenvalue weighted by Gasteiger charge is -2.10. The Hall–Kier alpha value is -3.36. The van der Waals surface area contributed by atoms with Crippen molar-refractivity contribution in [3.8, 4) is 11.5 Å². The summed E-state index contributed by atoms with van der Waals surface area (Å²) in [4.78, 5) is 11.1. The van der Waals surface area contributed by atoms with E-state index in [4.69, 9.17) is 19.4 Å². The Morgan fingerprint density at radius 3 is 2.03 bits per heavy atom. The molecule has 7 nitrogen and oxygen atoms in total. The minimum absolute atomic E-state index is 0.115. The second kappa shape index (κ2) is 11.9. The largest absolute Gasteiger partial charge is 0.493 e. The first-order valence-electron chi connectivity index (χ1n) is 9.83. The zero-order valence-corrected chi connectivity index (χ0v) is 19.0. The molecule has 1 atom stereocenters. The van der Waals surface area contributed by atoms with Crippen LogP contribution in [0.25, 0.3) is 0 Å². The van der Waals surface area contributed by atoms with Gasteiger partial charge in [-0.3, -0.25) is 4.79 Å². The van der Waals surface area contributed by atoms with Crippen molar-refractivity contribution in [2.45, 2.75) is 31.4 Å². The minimum atomic E-state index is -3.84. The van der Waals surface area contributed by atoms with E-state index in [2.05, 4.69) is 0 Å². The number of esters is 1. The Labute approximate surface area is 188 Å². The van der Waals surface area contributed by atoms with Gasteiger partial charge in [-0.2, -0.15) is 8.42 Å². The molecule has 0 heterocycles. The number of methoxy groups -OCH3 is 1. The summed E-state index contributed by atoms with van der Waals surface area (Å²) < 4.78 is 39.3. The van der Waals surface area contributed by atoms with Crippen LogP contribution in [0.15, 0.2) is 83.8 Å². The first-order chi connectivity index (χ1) is 15.2. The van der Waals surface area contributed by atoms with Gasteiger partial charge in [-0.25, -0.2) is 0 Å². The summed E-state index contributed by atoms with van der Waals surface area (Å²) in [7, 11) is -2.38. The maximum atomic E-state index is 12.1. The van der Waals surface area contributed by atoms with Crippen molar-refractivity contribution in [3.63, 3.8) is 0 Å². The highest BCUT2D eigenvalue weighted by atomic mass is 32.2. The van der Waals surface area contributed by atoms with E-state index in [-0.39, 0.29) is 16.6 Å². The van der Waals surface area contributed by atoms with Gasteiger partial charge in [-0.15, -0.1) is 0 Å². The number of para-hydroxylation sites is 2. The second-order valence-electron chi connectivity index (χ2n) is 6.88. The van der Waals surface area contributed by atoms with Gasteiger partial charge in [-0.05, 0) is 43.7 Å². The molecule has 3 aromatic carbocycles. The first kappa shape index (κ1) is 24.9. The molecule has 32 heavy (non-hydrogen) atoms. The van der Waals surface area contributed by atoms with Gasteiger partial charge in [0.1, 0.15) is 17.5 Å². The molecular weight excluding hydrogens is 430 g/mol. The third-order valence-corrected chi connectivity index (χ3v) is 5.42. The van der Waals surface area contributed by atoms with Crippen molar-refractivity contribution < 1.29 is 26.9 Å². The smallest absolute Gasteiger partial charge is 0.339 e. The van der Waals surface area contributed by atoms with E-state index in [1.807, 2.05) is 37.3 Å². The number of rotatable bonds is 7. The lowest BCUT2D eigenvalue weighted by molar-refractivity contribution is -0.146. The Morgan fingerprint density at radius 2 is 1.47 bits per heavy atom. The Bertz CT molecular complexity index is 1100. The van der Waals surface area contributed by atoms with E-state index in [9.17, 15) is 13.2 Å². The zero-order chi connectivity index (χ0) is 23.6. The highest BCUT2D eigenvalue weighted by Gasteiger charge is 2.18. The number of nitrogens with two attached hydrogens (primary N) is 1. The fourth-order valence-electron chi connectivity index (χ4n) is 2.42. The first-order valence-corrected chi connectivity index (χ1v) is 11.2. The molecule has 0 saturated heterocycles. The molecule has 170 valence electrons. The molecule has 0 saturated carbocycles. The highest BCUT2D eigenvalue weighted by Crippen LogP contribution is 2.29. The van der Waals surface area contributed by atoms with Gasteiger partial charge in [0, 0.05) is 0 Å². The number of carbonyl (C=O) groups excluding carboxylic acids is 1. The van der Waals surface area contributed by atoms with Crippen LogP contribution in [-0.4, -0.2) is 27.5 Å². The van der Waals surface area contributed by atoms with Gasteiger partial charge < -0.3 is 19.4 Å². The lowest BCUT2D eigenvalue weighted by atomic mass is 10.2. The monoisotopic (exact) mass is 457 g/mol. The minimum Gasteiger partial charge on any atom is -0.493 e. The summed E-state index contributed by atoms with van der Waals surface area (Å²) in [5.41, 5.74) is 7.28. The molecule has 2 N–H and O–H groups in total. The van der Waals surface area contributed by atoms with Crippen LogP contribution >= 0.6 is 0 Å². The van der Waals surface area contributed by atoms with Crippen molar-refractivity contribution in [1.82, 2.24) is 0 Å². The number of aryl methyl sites for hydroxylation is 1. The van der Waals surface area contributed by atoms with E-state index in [0.29, 0.717) is 12.4 Å². The van der Waals surface area contributed by atoms with Crippen LogP contribution in [0.3, 0.4) is 0 Å². The third kappa shape index (κ3) is 7.72. The van der Waals surface area contributed by atoms with Crippen LogP contribution < -0.4 is 14.7 Å². The standard InChI is InChI=1S/C14H14O4S.C10H13NO2/c1-11-7-9-12(10-8-11)19(15,16)18-14-6-4-3-5-13(14)17-2;1-8(11)10(12)13-7-9-5-3-2-4-6-9/h3-10H,1-2H3;2-6,8H,7,11H2,1H3/t;8-/m.0/s1. The van der Waals surface area contributed by atoms with Crippen LogP contribution in [0.4, 0.5) is 0 Å².